The van der Waals surface area contributed by atoms with Crippen molar-refractivity contribution in [1.29, 1.82) is 0 Å². The van der Waals surface area contributed by atoms with Gasteiger partial charge in [-0.05, 0) is 17.7 Å². The van der Waals surface area contributed by atoms with Crippen LogP contribution in [0.4, 0.5) is 4.39 Å². The number of hydrogen-bond acceptors (Lipinski definition) is 5. The molecular formula is C11H9FN2O3S. The summed E-state index contributed by atoms with van der Waals surface area (Å²) >= 11 is 0.949. The Labute approximate surface area is 106 Å². The van der Waals surface area contributed by atoms with Gasteiger partial charge < -0.3 is 9.63 Å². The highest BCUT2D eigenvalue weighted by atomic mass is 32.2. The minimum Gasteiger partial charge on any atom is -0.481 e. The first kappa shape index (κ1) is 12.6. The quantitative estimate of drug-likeness (QED) is 0.835. The van der Waals surface area contributed by atoms with Crippen LogP contribution >= 0.6 is 11.8 Å². The summed E-state index contributed by atoms with van der Waals surface area (Å²) in [5, 5.41) is 12.4. The maximum absolute atomic E-state index is 13.0. The highest BCUT2D eigenvalue weighted by Crippen LogP contribution is 2.16. The molecule has 2 aromatic rings. The molecule has 0 radical (unpaired) electrons. The van der Waals surface area contributed by atoms with Crippen LogP contribution in [0.25, 0.3) is 0 Å². The van der Waals surface area contributed by atoms with E-state index in [9.17, 15) is 9.18 Å². The van der Waals surface area contributed by atoms with Crippen molar-refractivity contribution in [3.05, 3.63) is 41.5 Å². The molecule has 0 saturated heterocycles. The monoisotopic (exact) mass is 268 g/mol. The molecule has 0 unspecified atom stereocenters. The van der Waals surface area contributed by atoms with E-state index in [-0.39, 0.29) is 16.8 Å². The van der Waals surface area contributed by atoms with E-state index in [0.717, 1.165) is 17.3 Å². The summed E-state index contributed by atoms with van der Waals surface area (Å²) in [4.78, 5) is 14.4. The van der Waals surface area contributed by atoms with Crippen LogP contribution in [0.1, 0.15) is 11.4 Å². The van der Waals surface area contributed by atoms with E-state index >= 15 is 0 Å². The topological polar surface area (TPSA) is 76.2 Å². The van der Waals surface area contributed by atoms with Crippen LogP contribution < -0.4 is 0 Å². The Kier molecular flexibility index (Phi) is 3.93. The van der Waals surface area contributed by atoms with Gasteiger partial charge in [-0.3, -0.25) is 4.79 Å². The molecule has 18 heavy (non-hydrogen) atoms. The molecule has 0 fully saturated rings. The van der Waals surface area contributed by atoms with Crippen LogP contribution in [-0.4, -0.2) is 27.0 Å². The zero-order valence-electron chi connectivity index (χ0n) is 9.17. The number of hydrogen-bond donors (Lipinski definition) is 1. The second-order valence-electron chi connectivity index (χ2n) is 3.47. The van der Waals surface area contributed by atoms with Gasteiger partial charge in [-0.15, -0.1) is 0 Å². The first-order chi connectivity index (χ1) is 8.63. The van der Waals surface area contributed by atoms with Gasteiger partial charge >= 0.3 is 5.97 Å². The zero-order chi connectivity index (χ0) is 13.0. The number of carboxylic acids is 1. The highest BCUT2D eigenvalue weighted by Gasteiger charge is 2.09. The summed E-state index contributed by atoms with van der Waals surface area (Å²) in [6, 6.07) is 6.10. The molecule has 5 nitrogen and oxygen atoms in total. The van der Waals surface area contributed by atoms with E-state index in [2.05, 4.69) is 10.1 Å². The molecule has 0 aliphatic rings. The molecule has 0 aliphatic heterocycles. The van der Waals surface area contributed by atoms with Gasteiger partial charge in [0.2, 0.25) is 0 Å². The largest absolute Gasteiger partial charge is 0.481 e. The first-order valence-electron chi connectivity index (χ1n) is 5.05. The van der Waals surface area contributed by atoms with Gasteiger partial charge in [0.25, 0.3) is 5.22 Å². The van der Waals surface area contributed by atoms with Crippen LogP contribution in [0.2, 0.25) is 0 Å². The van der Waals surface area contributed by atoms with Crippen LogP contribution in [-0.2, 0) is 11.2 Å². The Balaban J connectivity index is 2.00. The van der Waals surface area contributed by atoms with E-state index < -0.39 is 5.97 Å². The SMILES string of the molecule is O=C(O)CSc1nc(Cc2cccc(F)c2)no1. The van der Waals surface area contributed by atoms with Crippen LogP contribution in [0.3, 0.4) is 0 Å². The van der Waals surface area contributed by atoms with Gasteiger partial charge in [0, 0.05) is 6.42 Å². The van der Waals surface area contributed by atoms with E-state index in [4.69, 9.17) is 9.63 Å². The number of nitrogens with zero attached hydrogens (tertiary/aromatic N) is 2. The van der Waals surface area contributed by atoms with Gasteiger partial charge in [-0.2, -0.15) is 4.98 Å². The molecule has 0 bridgehead atoms. The van der Waals surface area contributed by atoms with E-state index in [0.29, 0.717) is 12.2 Å². The molecule has 0 amide bonds. The standard InChI is InChI=1S/C11H9FN2O3S/c12-8-3-1-2-7(4-8)5-9-13-11(17-14-9)18-6-10(15)16/h1-4H,5-6H2,(H,15,16). The maximum atomic E-state index is 13.0. The van der Waals surface area contributed by atoms with Gasteiger partial charge in [0.05, 0.1) is 0 Å². The van der Waals surface area contributed by atoms with Gasteiger partial charge in [0.15, 0.2) is 5.82 Å². The molecule has 1 aromatic carbocycles. The second-order valence-corrected chi connectivity index (χ2v) is 4.39. The maximum Gasteiger partial charge on any atom is 0.314 e. The molecule has 0 saturated carbocycles. The molecule has 0 atom stereocenters. The highest BCUT2D eigenvalue weighted by molar-refractivity contribution is 7.99. The third-order valence-electron chi connectivity index (χ3n) is 2.02. The number of thioether (sulfide) groups is 1. The van der Waals surface area contributed by atoms with E-state index in [1.807, 2.05) is 0 Å². The molecule has 0 aliphatic carbocycles. The van der Waals surface area contributed by atoms with Gasteiger partial charge in [0.1, 0.15) is 11.6 Å². The fourth-order valence-electron chi connectivity index (χ4n) is 1.32. The average Bonchev–Trinajstić information content (AvgIpc) is 2.74. The van der Waals surface area contributed by atoms with Crippen molar-refractivity contribution in [3.8, 4) is 0 Å². The lowest BCUT2D eigenvalue weighted by Gasteiger charge is -1.95. The summed E-state index contributed by atoms with van der Waals surface area (Å²) in [7, 11) is 0. The molecule has 2 rings (SSSR count). The smallest absolute Gasteiger partial charge is 0.314 e. The Bertz CT molecular complexity index is 559. The van der Waals surface area contributed by atoms with Crippen molar-refractivity contribution < 1.29 is 18.8 Å². The molecule has 1 heterocycles. The third-order valence-corrected chi connectivity index (χ3v) is 2.82. The lowest BCUT2D eigenvalue weighted by atomic mass is 10.1. The summed E-state index contributed by atoms with van der Waals surface area (Å²) in [5.41, 5.74) is 0.727. The average molecular weight is 268 g/mol. The van der Waals surface area contributed by atoms with Crippen molar-refractivity contribution in [1.82, 2.24) is 10.1 Å². The van der Waals surface area contributed by atoms with Crippen molar-refractivity contribution in [3.63, 3.8) is 0 Å². The third kappa shape index (κ3) is 3.56. The zero-order valence-corrected chi connectivity index (χ0v) is 9.98. The van der Waals surface area contributed by atoms with E-state index in [1.165, 1.54) is 12.1 Å². The summed E-state index contributed by atoms with van der Waals surface area (Å²) in [6.45, 7) is 0. The molecule has 0 spiro atoms. The summed E-state index contributed by atoms with van der Waals surface area (Å²) in [5.74, 6) is -1.02. The van der Waals surface area contributed by atoms with Gasteiger partial charge in [-0.25, -0.2) is 4.39 Å². The Morgan fingerprint density at radius 3 is 3.06 bits per heavy atom. The van der Waals surface area contributed by atoms with Crippen LogP contribution in [0.5, 0.6) is 0 Å². The number of halogens is 1. The number of rotatable bonds is 5. The molecule has 1 N–H and O–H groups in total. The number of benzene rings is 1. The fourth-order valence-corrected chi connectivity index (χ4v) is 1.83. The fraction of sp³-hybridized carbons (Fsp3) is 0.182. The molecule has 7 heteroatoms. The number of aliphatic carboxylic acids is 1. The Morgan fingerprint density at radius 2 is 2.33 bits per heavy atom. The van der Waals surface area contributed by atoms with Crippen LogP contribution in [0.15, 0.2) is 34.0 Å². The minimum absolute atomic E-state index is 0.137. The summed E-state index contributed by atoms with van der Waals surface area (Å²) in [6.07, 6.45) is 0.342. The van der Waals surface area contributed by atoms with Crippen molar-refractivity contribution >= 4 is 17.7 Å². The van der Waals surface area contributed by atoms with Crippen molar-refractivity contribution in [2.75, 3.05) is 5.75 Å². The molecule has 94 valence electrons. The molecule has 1 aromatic heterocycles. The lowest BCUT2D eigenvalue weighted by molar-refractivity contribution is -0.133. The van der Waals surface area contributed by atoms with Crippen molar-refractivity contribution in [2.45, 2.75) is 11.6 Å². The normalized spacial score (nSPS) is 10.5. The van der Waals surface area contributed by atoms with Crippen molar-refractivity contribution in [2.24, 2.45) is 0 Å². The molecular weight excluding hydrogens is 259 g/mol. The predicted molar refractivity (Wildman–Crippen MR) is 61.9 cm³/mol. The lowest BCUT2D eigenvalue weighted by Crippen LogP contribution is -1.97. The number of carboxylic acid groups (broad SMARTS) is 1. The second kappa shape index (κ2) is 5.63. The Morgan fingerprint density at radius 1 is 1.50 bits per heavy atom. The number of aromatic nitrogens is 2. The van der Waals surface area contributed by atoms with Crippen LogP contribution in [0, 0.1) is 5.82 Å². The minimum atomic E-state index is -0.954. The number of carbonyl (C=O) groups is 1. The predicted octanol–water partition coefficient (Wildman–Crippen LogP) is 1.98. The van der Waals surface area contributed by atoms with Gasteiger partial charge in [-0.1, -0.05) is 29.1 Å². The van der Waals surface area contributed by atoms with E-state index in [1.54, 1.807) is 12.1 Å². The summed E-state index contributed by atoms with van der Waals surface area (Å²) < 4.78 is 17.8. The Hall–Kier alpha value is -1.89. The first-order valence-corrected chi connectivity index (χ1v) is 6.03.